The van der Waals surface area contributed by atoms with Crippen LogP contribution in [0, 0.1) is 10.1 Å². The highest BCUT2D eigenvalue weighted by Crippen LogP contribution is 2.34. The number of nitro benzene ring substituents is 1. The van der Waals surface area contributed by atoms with Crippen LogP contribution in [0.2, 0.25) is 0 Å². The number of benzene rings is 1. The number of rotatable bonds is 4. The van der Waals surface area contributed by atoms with E-state index in [9.17, 15) is 36.5 Å². The summed E-state index contributed by atoms with van der Waals surface area (Å²) in [5.74, 6) is 0. The maximum Gasteiger partial charge on any atom is 0.501 e. The van der Waals surface area contributed by atoms with Gasteiger partial charge in [-0.2, -0.15) is 13.2 Å². The van der Waals surface area contributed by atoms with Crippen molar-refractivity contribution in [2.75, 3.05) is 7.05 Å². The number of carboxylic acid groups (broad SMARTS) is 1. The van der Waals surface area contributed by atoms with Gasteiger partial charge in [-0.25, -0.2) is 13.2 Å². The lowest BCUT2D eigenvalue weighted by Gasteiger charge is -2.17. The van der Waals surface area contributed by atoms with Crippen molar-refractivity contribution in [1.82, 2.24) is 4.90 Å². The Morgan fingerprint density at radius 3 is 2.36 bits per heavy atom. The first-order valence-corrected chi connectivity index (χ1v) is 6.89. The molecule has 0 bridgehead atoms. The third-order valence-corrected chi connectivity index (χ3v) is 4.17. The van der Waals surface area contributed by atoms with E-state index in [2.05, 4.69) is 0 Å². The van der Waals surface area contributed by atoms with Crippen LogP contribution in [0.1, 0.15) is 5.56 Å². The fraction of sp³-hybridized carbons (Fsp3) is 0.300. The number of carbonyl (C=O) groups is 1. The number of nitro groups is 1. The van der Waals surface area contributed by atoms with Gasteiger partial charge in [-0.05, 0) is 11.6 Å². The lowest BCUT2D eigenvalue weighted by Crippen LogP contribution is -2.28. The number of hydrogen-bond donors (Lipinski definition) is 1. The third kappa shape index (κ3) is 3.44. The lowest BCUT2D eigenvalue weighted by molar-refractivity contribution is -0.385. The van der Waals surface area contributed by atoms with Crippen molar-refractivity contribution in [1.29, 1.82) is 0 Å². The smallest absolute Gasteiger partial charge is 0.465 e. The normalized spacial score (nSPS) is 12.0. The molecular weight excluding hydrogens is 333 g/mol. The monoisotopic (exact) mass is 342 g/mol. The summed E-state index contributed by atoms with van der Waals surface area (Å²) in [5, 5.41) is 19.3. The fourth-order valence-corrected chi connectivity index (χ4v) is 2.48. The van der Waals surface area contributed by atoms with Crippen molar-refractivity contribution in [3.63, 3.8) is 0 Å². The first kappa shape index (κ1) is 17.7. The van der Waals surface area contributed by atoms with E-state index in [0.29, 0.717) is 23.1 Å². The number of nitrogens with zero attached hydrogens (tertiary/aromatic N) is 2. The molecule has 1 amide bonds. The Morgan fingerprint density at radius 1 is 1.41 bits per heavy atom. The molecule has 0 unspecified atom stereocenters. The molecule has 0 saturated carbocycles. The van der Waals surface area contributed by atoms with Crippen LogP contribution in [0.4, 0.5) is 23.7 Å². The van der Waals surface area contributed by atoms with E-state index in [0.717, 1.165) is 7.05 Å². The molecule has 1 N–H and O–H groups in total. The summed E-state index contributed by atoms with van der Waals surface area (Å²) in [6.45, 7) is -0.762. The van der Waals surface area contributed by atoms with Gasteiger partial charge in [-0.15, -0.1) is 0 Å². The van der Waals surface area contributed by atoms with E-state index in [4.69, 9.17) is 5.11 Å². The zero-order valence-electron chi connectivity index (χ0n) is 10.9. The number of halogens is 3. The van der Waals surface area contributed by atoms with E-state index in [-0.39, 0.29) is 0 Å². The molecule has 0 aliphatic carbocycles. The molecule has 0 aliphatic rings. The Bertz CT molecular complexity index is 716. The van der Waals surface area contributed by atoms with Crippen molar-refractivity contribution in [2.24, 2.45) is 0 Å². The minimum atomic E-state index is -5.76. The van der Waals surface area contributed by atoms with Crippen molar-refractivity contribution in [3.05, 3.63) is 33.9 Å². The van der Waals surface area contributed by atoms with Crippen LogP contribution in [0.3, 0.4) is 0 Å². The molecule has 0 saturated heterocycles. The first-order chi connectivity index (χ1) is 9.87. The minimum Gasteiger partial charge on any atom is -0.465 e. The molecule has 0 fully saturated rings. The van der Waals surface area contributed by atoms with Crippen LogP contribution in [-0.2, 0) is 16.4 Å². The lowest BCUT2D eigenvalue weighted by atomic mass is 10.2. The number of non-ortho nitro benzene ring substituents is 1. The molecule has 22 heavy (non-hydrogen) atoms. The van der Waals surface area contributed by atoms with Gasteiger partial charge in [0, 0.05) is 19.2 Å². The number of hydrogen-bond acceptors (Lipinski definition) is 5. The number of sulfone groups is 1. The zero-order valence-corrected chi connectivity index (χ0v) is 11.7. The molecule has 122 valence electrons. The highest BCUT2D eigenvalue weighted by atomic mass is 32.2. The van der Waals surface area contributed by atoms with Gasteiger partial charge < -0.3 is 10.0 Å². The molecule has 1 rings (SSSR count). The predicted molar refractivity (Wildman–Crippen MR) is 65.8 cm³/mol. The van der Waals surface area contributed by atoms with Crippen molar-refractivity contribution in [2.45, 2.75) is 16.9 Å². The van der Waals surface area contributed by atoms with E-state index >= 15 is 0 Å². The molecule has 0 spiro atoms. The van der Waals surface area contributed by atoms with Gasteiger partial charge in [-0.1, -0.05) is 0 Å². The van der Waals surface area contributed by atoms with E-state index in [1.807, 2.05) is 0 Å². The predicted octanol–water partition coefficient (Wildman–Crippen LogP) is 2.00. The average Bonchev–Trinajstić information content (AvgIpc) is 2.36. The van der Waals surface area contributed by atoms with Crippen LogP contribution in [-0.4, -0.2) is 42.0 Å². The fourth-order valence-electron chi connectivity index (χ4n) is 1.51. The Morgan fingerprint density at radius 2 is 1.95 bits per heavy atom. The minimum absolute atomic E-state index is 0.436. The quantitative estimate of drug-likeness (QED) is 0.660. The summed E-state index contributed by atoms with van der Waals surface area (Å²) < 4.78 is 60.7. The van der Waals surface area contributed by atoms with Gasteiger partial charge in [0.05, 0.1) is 16.4 Å². The van der Waals surface area contributed by atoms with E-state index in [1.54, 1.807) is 0 Å². The van der Waals surface area contributed by atoms with Gasteiger partial charge in [0.25, 0.3) is 15.5 Å². The topological polar surface area (TPSA) is 118 Å². The van der Waals surface area contributed by atoms with Crippen LogP contribution in [0.5, 0.6) is 0 Å². The second kappa shape index (κ2) is 5.79. The summed E-state index contributed by atoms with van der Waals surface area (Å²) in [6.07, 6.45) is -1.54. The van der Waals surface area contributed by atoms with Gasteiger partial charge in [0.2, 0.25) is 0 Å². The maximum atomic E-state index is 12.6. The standard InChI is InChI=1S/C10H9F3N2O6S/c1-14(9(16)17)5-6-4-7(15(18)19)2-3-8(6)22(20,21)10(11,12)13/h2-4H,5H2,1H3,(H,16,17). The van der Waals surface area contributed by atoms with Crippen LogP contribution in [0.15, 0.2) is 23.1 Å². The molecule has 1 aromatic carbocycles. The molecule has 0 heterocycles. The average molecular weight is 342 g/mol. The van der Waals surface area contributed by atoms with Gasteiger partial charge >= 0.3 is 11.6 Å². The summed E-state index contributed by atoms with van der Waals surface area (Å²) in [6, 6.07) is 1.63. The molecule has 0 aromatic heterocycles. The molecule has 12 heteroatoms. The maximum absolute atomic E-state index is 12.6. The Balaban J connectivity index is 3.52. The van der Waals surface area contributed by atoms with Crippen molar-refractivity contribution < 1.29 is 36.4 Å². The number of amides is 1. The van der Waals surface area contributed by atoms with Crippen LogP contribution in [0.25, 0.3) is 0 Å². The molecule has 1 aromatic rings. The Labute approximate surface area is 121 Å². The Hall–Kier alpha value is -2.37. The Kier molecular flexibility index (Phi) is 4.65. The second-order valence-corrected chi connectivity index (χ2v) is 6.05. The summed E-state index contributed by atoms with van der Waals surface area (Å²) in [4.78, 5) is 19.7. The third-order valence-electron chi connectivity index (χ3n) is 2.58. The second-order valence-electron chi connectivity index (χ2n) is 4.14. The summed E-state index contributed by atoms with van der Waals surface area (Å²) >= 11 is 0. The highest BCUT2D eigenvalue weighted by molar-refractivity contribution is 7.92. The largest absolute Gasteiger partial charge is 0.501 e. The van der Waals surface area contributed by atoms with Gasteiger partial charge in [0.1, 0.15) is 0 Å². The zero-order chi connectivity index (χ0) is 17.3. The van der Waals surface area contributed by atoms with Crippen LogP contribution < -0.4 is 0 Å². The molecule has 0 radical (unpaired) electrons. The SMILES string of the molecule is CN(Cc1cc([N+](=O)[O-])ccc1S(=O)(=O)C(F)(F)F)C(=O)O. The highest BCUT2D eigenvalue weighted by Gasteiger charge is 2.48. The summed E-state index contributed by atoms with van der Waals surface area (Å²) in [7, 11) is -4.79. The van der Waals surface area contributed by atoms with Gasteiger partial charge in [-0.3, -0.25) is 10.1 Å². The van der Waals surface area contributed by atoms with Crippen molar-refractivity contribution in [3.8, 4) is 0 Å². The number of alkyl halides is 3. The summed E-state index contributed by atoms with van der Waals surface area (Å²) in [5.41, 5.74) is -6.91. The molecule has 0 aliphatic heterocycles. The van der Waals surface area contributed by atoms with Crippen LogP contribution >= 0.6 is 0 Å². The molecule has 8 nitrogen and oxygen atoms in total. The van der Waals surface area contributed by atoms with E-state index in [1.165, 1.54) is 0 Å². The molecule has 0 atom stereocenters. The van der Waals surface area contributed by atoms with Gasteiger partial charge in [0.15, 0.2) is 0 Å². The van der Waals surface area contributed by atoms with E-state index < -0.39 is 49.1 Å². The first-order valence-electron chi connectivity index (χ1n) is 5.40. The molecular formula is C10H9F3N2O6S. The van der Waals surface area contributed by atoms with Crippen molar-refractivity contribution >= 4 is 21.6 Å².